The molecule has 2 aromatic rings. The topological polar surface area (TPSA) is 57.8 Å². The molecule has 2 rings (SSSR count). The van der Waals surface area contributed by atoms with E-state index < -0.39 is 0 Å². The zero-order valence-electron chi connectivity index (χ0n) is 11.7. The molecule has 0 aliphatic rings. The van der Waals surface area contributed by atoms with E-state index in [0.29, 0.717) is 11.5 Å². The molecule has 2 unspecified atom stereocenters. The van der Waals surface area contributed by atoms with Crippen LogP contribution in [0.3, 0.4) is 0 Å². The Hall–Kier alpha value is -1.84. The molecule has 0 fully saturated rings. The zero-order valence-corrected chi connectivity index (χ0v) is 11.7. The van der Waals surface area contributed by atoms with Gasteiger partial charge in [-0.15, -0.1) is 0 Å². The molecule has 0 bridgehead atoms. The predicted octanol–water partition coefficient (Wildman–Crippen LogP) is 3.12. The van der Waals surface area contributed by atoms with Crippen LogP contribution in [0.4, 0.5) is 0 Å². The fourth-order valence-electron chi connectivity index (χ4n) is 2.21. The van der Waals surface area contributed by atoms with Crippen molar-refractivity contribution in [2.24, 2.45) is 5.92 Å². The van der Waals surface area contributed by atoms with Crippen LogP contribution in [0.2, 0.25) is 0 Å². The minimum absolute atomic E-state index is 0.0210. The van der Waals surface area contributed by atoms with E-state index in [1.807, 2.05) is 18.2 Å². The van der Waals surface area contributed by atoms with Crippen molar-refractivity contribution in [2.75, 3.05) is 0 Å². The number of H-pyrrole nitrogens is 1. The average Bonchev–Trinajstić information content (AvgIpc) is 2.85. The highest BCUT2D eigenvalue weighted by Gasteiger charge is 2.12. The highest BCUT2D eigenvalue weighted by atomic mass is 16.1. The maximum absolute atomic E-state index is 12.1. The Balaban J connectivity index is 2.02. The van der Waals surface area contributed by atoms with E-state index in [0.717, 1.165) is 23.7 Å². The summed E-state index contributed by atoms with van der Waals surface area (Å²) >= 11 is 0. The maximum atomic E-state index is 12.1. The van der Waals surface area contributed by atoms with Gasteiger partial charge in [-0.25, -0.2) is 0 Å². The highest BCUT2D eigenvalue weighted by molar-refractivity contribution is 5.97. The molecule has 0 saturated heterocycles. The first kappa shape index (κ1) is 13.6. The quantitative estimate of drug-likeness (QED) is 0.866. The molecule has 1 aromatic carbocycles. The Kier molecular flexibility index (Phi) is 4.20. The third-order valence-electron chi connectivity index (χ3n) is 3.53. The normalized spacial score (nSPS) is 14.3. The lowest BCUT2D eigenvalue weighted by molar-refractivity contribution is 0.0935. The third-order valence-corrected chi connectivity index (χ3v) is 3.53. The molecule has 2 atom stereocenters. The summed E-state index contributed by atoms with van der Waals surface area (Å²) in [5, 5.41) is 10.9. The lowest BCUT2D eigenvalue weighted by atomic mass is 10.00. The van der Waals surface area contributed by atoms with Crippen LogP contribution in [0.5, 0.6) is 0 Å². The SMILES string of the molecule is CCC(C)CC(C)NC(=O)c1ccc2cn[nH]c2c1. The van der Waals surface area contributed by atoms with E-state index in [1.54, 1.807) is 6.20 Å². The number of aromatic amines is 1. The van der Waals surface area contributed by atoms with Gasteiger partial charge in [-0.1, -0.05) is 26.3 Å². The summed E-state index contributed by atoms with van der Waals surface area (Å²) in [7, 11) is 0. The number of carbonyl (C=O) groups is 1. The average molecular weight is 259 g/mol. The highest BCUT2D eigenvalue weighted by Crippen LogP contribution is 2.14. The monoisotopic (exact) mass is 259 g/mol. The molecule has 2 N–H and O–H groups in total. The van der Waals surface area contributed by atoms with Gasteiger partial charge in [0.05, 0.1) is 11.7 Å². The van der Waals surface area contributed by atoms with E-state index >= 15 is 0 Å². The second-order valence-corrected chi connectivity index (χ2v) is 5.30. The van der Waals surface area contributed by atoms with Crippen LogP contribution in [-0.4, -0.2) is 22.1 Å². The van der Waals surface area contributed by atoms with Crippen LogP contribution >= 0.6 is 0 Å². The summed E-state index contributed by atoms with van der Waals surface area (Å²) in [5.74, 6) is 0.609. The van der Waals surface area contributed by atoms with Crippen LogP contribution in [0, 0.1) is 5.92 Å². The molecule has 19 heavy (non-hydrogen) atoms. The Morgan fingerprint density at radius 1 is 1.42 bits per heavy atom. The summed E-state index contributed by atoms with van der Waals surface area (Å²) in [5.41, 5.74) is 1.56. The summed E-state index contributed by atoms with van der Waals surface area (Å²) in [6.07, 6.45) is 3.90. The lowest BCUT2D eigenvalue weighted by Gasteiger charge is -2.17. The Labute approximate surface area is 113 Å². The molecular weight excluding hydrogens is 238 g/mol. The minimum Gasteiger partial charge on any atom is -0.350 e. The molecule has 102 valence electrons. The first-order valence-electron chi connectivity index (χ1n) is 6.84. The fraction of sp³-hybridized carbons (Fsp3) is 0.467. The molecule has 0 spiro atoms. The number of nitrogens with zero attached hydrogens (tertiary/aromatic N) is 1. The fourth-order valence-corrected chi connectivity index (χ4v) is 2.21. The van der Waals surface area contributed by atoms with E-state index in [1.165, 1.54) is 0 Å². The first-order valence-corrected chi connectivity index (χ1v) is 6.84. The molecule has 4 nitrogen and oxygen atoms in total. The zero-order chi connectivity index (χ0) is 13.8. The largest absolute Gasteiger partial charge is 0.350 e. The number of nitrogens with one attached hydrogen (secondary N) is 2. The van der Waals surface area contributed by atoms with Crippen LogP contribution in [0.1, 0.15) is 44.0 Å². The van der Waals surface area contributed by atoms with Crippen molar-refractivity contribution < 1.29 is 4.79 Å². The Morgan fingerprint density at radius 2 is 2.21 bits per heavy atom. The molecule has 0 radical (unpaired) electrons. The number of hydrogen-bond donors (Lipinski definition) is 2. The van der Waals surface area contributed by atoms with Crippen molar-refractivity contribution in [1.82, 2.24) is 15.5 Å². The van der Waals surface area contributed by atoms with Gasteiger partial charge in [0.25, 0.3) is 5.91 Å². The molecule has 0 saturated carbocycles. The molecule has 1 amide bonds. The van der Waals surface area contributed by atoms with Gasteiger partial charge < -0.3 is 5.32 Å². The smallest absolute Gasteiger partial charge is 0.251 e. The number of rotatable bonds is 5. The molecule has 0 aliphatic heterocycles. The van der Waals surface area contributed by atoms with Crippen LogP contribution in [0.15, 0.2) is 24.4 Å². The molecule has 1 heterocycles. The second kappa shape index (κ2) is 5.87. The van der Waals surface area contributed by atoms with Gasteiger partial charge in [-0.2, -0.15) is 5.10 Å². The molecule has 0 aliphatic carbocycles. The third kappa shape index (κ3) is 3.34. The van der Waals surface area contributed by atoms with Crippen molar-refractivity contribution in [2.45, 2.75) is 39.7 Å². The van der Waals surface area contributed by atoms with Crippen molar-refractivity contribution in [3.8, 4) is 0 Å². The van der Waals surface area contributed by atoms with Crippen LogP contribution in [0.25, 0.3) is 10.9 Å². The van der Waals surface area contributed by atoms with Gasteiger partial charge in [-0.05, 0) is 31.4 Å². The van der Waals surface area contributed by atoms with Crippen LogP contribution in [-0.2, 0) is 0 Å². The van der Waals surface area contributed by atoms with E-state index in [4.69, 9.17) is 0 Å². The van der Waals surface area contributed by atoms with E-state index in [2.05, 4.69) is 36.3 Å². The van der Waals surface area contributed by atoms with E-state index in [-0.39, 0.29) is 11.9 Å². The lowest BCUT2D eigenvalue weighted by Crippen LogP contribution is -2.33. The van der Waals surface area contributed by atoms with Gasteiger partial charge in [0.15, 0.2) is 0 Å². The molecule has 1 aromatic heterocycles. The number of carbonyl (C=O) groups excluding carboxylic acids is 1. The van der Waals surface area contributed by atoms with Gasteiger partial charge in [0.1, 0.15) is 0 Å². The minimum atomic E-state index is -0.0210. The van der Waals surface area contributed by atoms with Gasteiger partial charge in [0, 0.05) is 17.0 Å². The summed E-state index contributed by atoms with van der Waals surface area (Å²) in [6, 6.07) is 5.78. The number of amides is 1. The Morgan fingerprint density at radius 3 is 2.95 bits per heavy atom. The number of fused-ring (bicyclic) bond motifs is 1. The first-order chi connectivity index (χ1) is 9.10. The van der Waals surface area contributed by atoms with Crippen molar-refractivity contribution >= 4 is 16.8 Å². The standard InChI is InChI=1S/C15H21N3O/c1-4-10(2)7-11(3)17-15(19)12-5-6-13-9-16-18-14(13)8-12/h5-6,8-11H,4,7H2,1-3H3,(H,16,18)(H,17,19). The van der Waals surface area contributed by atoms with Gasteiger partial charge in [0.2, 0.25) is 0 Å². The number of benzene rings is 1. The van der Waals surface area contributed by atoms with Gasteiger partial charge >= 0.3 is 0 Å². The molecule has 4 heteroatoms. The number of hydrogen-bond acceptors (Lipinski definition) is 2. The number of aromatic nitrogens is 2. The maximum Gasteiger partial charge on any atom is 0.251 e. The van der Waals surface area contributed by atoms with Crippen molar-refractivity contribution in [3.05, 3.63) is 30.0 Å². The van der Waals surface area contributed by atoms with E-state index in [9.17, 15) is 4.79 Å². The van der Waals surface area contributed by atoms with Crippen LogP contribution < -0.4 is 5.32 Å². The summed E-state index contributed by atoms with van der Waals surface area (Å²) in [4.78, 5) is 12.1. The van der Waals surface area contributed by atoms with Crippen molar-refractivity contribution in [3.63, 3.8) is 0 Å². The van der Waals surface area contributed by atoms with Crippen molar-refractivity contribution in [1.29, 1.82) is 0 Å². The summed E-state index contributed by atoms with van der Waals surface area (Å²) in [6.45, 7) is 6.43. The summed E-state index contributed by atoms with van der Waals surface area (Å²) < 4.78 is 0. The predicted molar refractivity (Wildman–Crippen MR) is 77.1 cm³/mol. The van der Waals surface area contributed by atoms with Gasteiger partial charge in [-0.3, -0.25) is 9.89 Å². The molecular formula is C15H21N3O. The second-order valence-electron chi connectivity index (χ2n) is 5.30. The Bertz CT molecular complexity index is 561.